The van der Waals surface area contributed by atoms with Gasteiger partial charge >= 0.3 is 0 Å². The molecule has 0 unspecified atom stereocenters. The highest BCUT2D eigenvalue weighted by Crippen LogP contribution is 2.27. The van der Waals surface area contributed by atoms with Gasteiger partial charge in [0.15, 0.2) is 34.8 Å². The van der Waals surface area contributed by atoms with Crippen molar-refractivity contribution in [1.29, 1.82) is 0 Å². The predicted molar refractivity (Wildman–Crippen MR) is 61.6 cm³/mol. The Bertz CT molecular complexity index is 675. The van der Waals surface area contributed by atoms with E-state index in [1.54, 1.807) is 0 Å². The van der Waals surface area contributed by atoms with Crippen LogP contribution in [0, 0.1) is 34.9 Å². The molecule has 2 rings (SSSR count). The van der Waals surface area contributed by atoms with Crippen LogP contribution in [0.2, 0.25) is 0 Å². The van der Waals surface area contributed by atoms with Crippen molar-refractivity contribution in [3.05, 3.63) is 58.7 Å². The average molecular weight is 307 g/mol. The zero-order valence-electron chi connectivity index (χ0n) is 10.2. The zero-order valence-corrected chi connectivity index (χ0v) is 10.2. The molecule has 2 aromatic carbocycles. The van der Waals surface area contributed by atoms with Gasteiger partial charge in [-0.1, -0.05) is 6.07 Å². The Labute approximate surface area is 114 Å². The van der Waals surface area contributed by atoms with Gasteiger partial charge in [-0.25, -0.2) is 26.3 Å². The summed E-state index contributed by atoms with van der Waals surface area (Å²) < 4.78 is 78.5. The van der Waals surface area contributed by atoms with Crippen LogP contribution in [0.5, 0.6) is 5.75 Å². The molecule has 0 saturated heterocycles. The maximum Gasteiger partial charge on any atom is 0.200 e. The second-order valence-corrected chi connectivity index (χ2v) is 4.08. The lowest BCUT2D eigenvalue weighted by Crippen LogP contribution is -2.10. The van der Waals surface area contributed by atoms with Crippen LogP contribution in [0.15, 0.2) is 18.2 Å². The highest BCUT2D eigenvalue weighted by Gasteiger charge is 2.25. The Hall–Kier alpha value is -2.38. The molecule has 0 amide bonds. The molecule has 2 aromatic rings. The van der Waals surface area contributed by atoms with Gasteiger partial charge in [0.2, 0.25) is 5.82 Å². The number of aromatic hydroxyl groups is 1. The highest BCUT2D eigenvalue weighted by atomic mass is 19.2. The molecule has 0 saturated carbocycles. The minimum absolute atomic E-state index is 0.134. The Morgan fingerprint density at radius 3 is 1.86 bits per heavy atom. The van der Waals surface area contributed by atoms with E-state index < -0.39 is 52.9 Å². The molecule has 0 spiro atoms. The third-order valence-corrected chi connectivity index (χ3v) is 2.69. The molecule has 0 aliphatic carbocycles. The molecule has 0 heterocycles. The summed E-state index contributed by atoms with van der Waals surface area (Å²) in [6, 6.07) is 3.07. The molecule has 0 fully saturated rings. The molecule has 0 aliphatic heterocycles. The number of anilines is 1. The number of phenols is 1. The lowest BCUT2D eigenvalue weighted by molar-refractivity contribution is 0.381. The van der Waals surface area contributed by atoms with Crippen molar-refractivity contribution in [2.24, 2.45) is 0 Å². The maximum atomic E-state index is 13.4. The molecule has 21 heavy (non-hydrogen) atoms. The average Bonchev–Trinajstić information content (AvgIpc) is 2.46. The molecule has 112 valence electrons. The summed E-state index contributed by atoms with van der Waals surface area (Å²) in [6.45, 7) is -0.407. The number of phenolic OH excluding ortho intramolecular Hbond substituents is 1. The first kappa shape index (κ1) is 15.0. The topological polar surface area (TPSA) is 32.3 Å². The van der Waals surface area contributed by atoms with Gasteiger partial charge in [0.25, 0.3) is 0 Å². The Balaban J connectivity index is 2.30. The normalized spacial score (nSPS) is 10.8. The number of benzene rings is 2. The van der Waals surface area contributed by atoms with Crippen LogP contribution in [-0.2, 0) is 6.54 Å². The third kappa shape index (κ3) is 2.74. The van der Waals surface area contributed by atoms with Crippen LogP contribution < -0.4 is 5.32 Å². The molecule has 0 aromatic heterocycles. The van der Waals surface area contributed by atoms with Gasteiger partial charge in [-0.05, 0) is 17.7 Å². The standard InChI is InChI=1S/C13H7F6NO/c14-6-3-5(1-2-7(6)21)4-20-13-11(18)9(16)8(15)10(17)12(13)19/h1-3,20-21H,4H2. The molecule has 8 heteroatoms. The third-order valence-electron chi connectivity index (χ3n) is 2.69. The van der Waals surface area contributed by atoms with Gasteiger partial charge < -0.3 is 10.4 Å². The number of hydrogen-bond donors (Lipinski definition) is 2. The lowest BCUT2D eigenvalue weighted by Gasteiger charge is -2.11. The van der Waals surface area contributed by atoms with E-state index in [0.29, 0.717) is 0 Å². The molecule has 0 aliphatic rings. The van der Waals surface area contributed by atoms with Crippen molar-refractivity contribution < 1.29 is 31.4 Å². The highest BCUT2D eigenvalue weighted by molar-refractivity contribution is 5.48. The Morgan fingerprint density at radius 2 is 1.33 bits per heavy atom. The van der Waals surface area contributed by atoms with E-state index in [0.717, 1.165) is 12.1 Å². The first-order chi connectivity index (χ1) is 9.82. The summed E-state index contributed by atoms with van der Waals surface area (Å²) >= 11 is 0. The fourth-order valence-corrected chi connectivity index (χ4v) is 1.61. The van der Waals surface area contributed by atoms with Crippen molar-refractivity contribution in [2.75, 3.05) is 5.32 Å². The van der Waals surface area contributed by atoms with Crippen LogP contribution in [0.4, 0.5) is 32.0 Å². The van der Waals surface area contributed by atoms with Crippen LogP contribution >= 0.6 is 0 Å². The summed E-state index contributed by atoms with van der Waals surface area (Å²) in [6.07, 6.45) is 0. The summed E-state index contributed by atoms with van der Waals surface area (Å²) in [7, 11) is 0. The van der Waals surface area contributed by atoms with E-state index in [-0.39, 0.29) is 5.56 Å². The smallest absolute Gasteiger partial charge is 0.200 e. The molecule has 0 radical (unpaired) electrons. The summed E-state index contributed by atoms with van der Waals surface area (Å²) in [5, 5.41) is 11.0. The van der Waals surface area contributed by atoms with Crippen molar-refractivity contribution in [3.63, 3.8) is 0 Å². The van der Waals surface area contributed by atoms with Crippen LogP contribution in [0.1, 0.15) is 5.56 Å². The number of halogens is 6. The van der Waals surface area contributed by atoms with Gasteiger partial charge in [0.05, 0.1) is 0 Å². The minimum Gasteiger partial charge on any atom is -0.505 e. The van der Waals surface area contributed by atoms with Gasteiger partial charge in [0.1, 0.15) is 5.69 Å². The van der Waals surface area contributed by atoms with Gasteiger partial charge in [-0.15, -0.1) is 0 Å². The SMILES string of the molecule is Oc1ccc(CNc2c(F)c(F)c(F)c(F)c2F)cc1F. The monoisotopic (exact) mass is 307 g/mol. The van der Waals surface area contributed by atoms with Crippen molar-refractivity contribution in [3.8, 4) is 5.75 Å². The van der Waals surface area contributed by atoms with Crippen LogP contribution in [-0.4, -0.2) is 5.11 Å². The predicted octanol–water partition coefficient (Wildman–Crippen LogP) is 3.84. The Kier molecular flexibility index (Phi) is 3.97. The molecule has 2 N–H and O–H groups in total. The maximum absolute atomic E-state index is 13.4. The lowest BCUT2D eigenvalue weighted by atomic mass is 10.2. The van der Waals surface area contributed by atoms with E-state index in [4.69, 9.17) is 5.11 Å². The largest absolute Gasteiger partial charge is 0.505 e. The van der Waals surface area contributed by atoms with Crippen LogP contribution in [0.25, 0.3) is 0 Å². The molecule has 0 atom stereocenters. The van der Waals surface area contributed by atoms with Crippen molar-refractivity contribution in [1.82, 2.24) is 0 Å². The number of nitrogens with one attached hydrogen (secondary N) is 1. The number of rotatable bonds is 3. The van der Waals surface area contributed by atoms with E-state index in [1.807, 2.05) is 5.32 Å². The molecular weight excluding hydrogens is 300 g/mol. The van der Waals surface area contributed by atoms with E-state index in [1.165, 1.54) is 6.07 Å². The zero-order chi connectivity index (χ0) is 15.7. The van der Waals surface area contributed by atoms with Gasteiger partial charge in [-0.3, -0.25) is 0 Å². The van der Waals surface area contributed by atoms with Gasteiger partial charge in [0, 0.05) is 6.54 Å². The molecule has 0 bridgehead atoms. The first-order valence-corrected chi connectivity index (χ1v) is 5.55. The number of hydrogen-bond acceptors (Lipinski definition) is 2. The van der Waals surface area contributed by atoms with Gasteiger partial charge in [-0.2, -0.15) is 0 Å². The van der Waals surface area contributed by atoms with E-state index in [2.05, 4.69) is 0 Å². The fourth-order valence-electron chi connectivity index (χ4n) is 1.61. The summed E-state index contributed by atoms with van der Waals surface area (Å²) in [5.74, 6) is -12.0. The molecular formula is C13H7F6NO. The van der Waals surface area contributed by atoms with Crippen LogP contribution in [0.3, 0.4) is 0 Å². The van der Waals surface area contributed by atoms with Crippen molar-refractivity contribution in [2.45, 2.75) is 6.54 Å². The fraction of sp³-hybridized carbons (Fsp3) is 0.0769. The van der Waals surface area contributed by atoms with E-state index >= 15 is 0 Å². The first-order valence-electron chi connectivity index (χ1n) is 5.55. The second kappa shape index (κ2) is 5.55. The molecule has 2 nitrogen and oxygen atoms in total. The quantitative estimate of drug-likeness (QED) is 0.513. The second-order valence-electron chi connectivity index (χ2n) is 4.08. The van der Waals surface area contributed by atoms with E-state index in [9.17, 15) is 26.3 Å². The minimum atomic E-state index is -2.26. The van der Waals surface area contributed by atoms with Crippen molar-refractivity contribution >= 4 is 5.69 Å². The Morgan fingerprint density at radius 1 is 0.810 bits per heavy atom. The summed E-state index contributed by atoms with van der Waals surface area (Å²) in [4.78, 5) is 0. The summed E-state index contributed by atoms with van der Waals surface area (Å²) in [5.41, 5.74) is -1.07.